The number of halogens is 6. The Balaban J connectivity index is 0.000000161. The number of nitrogens with one attached hydrogen (secondary N) is 1. The van der Waals surface area contributed by atoms with Crippen molar-refractivity contribution in [1.82, 2.24) is 35.2 Å². The van der Waals surface area contributed by atoms with Gasteiger partial charge in [-0.3, -0.25) is 4.79 Å². The number of esters is 1. The molecule has 11 aromatic rings. The molecule has 21 nitrogen and oxygen atoms in total. The molecule has 0 aliphatic rings. The second-order valence-electron chi connectivity index (χ2n) is 18.1. The average Bonchev–Trinajstić information content (AvgIpc) is 2.05. The SMILES string of the molecule is COC(=O)c1cc(-c2ccc3nc(N)sc3c2)cnc1OC.COc1ncc(-c2ccc3nc(N)sc3c2)cc1C(=O)NCc1cccc(OC(F)(F)F)c1.COc1ncc(-c2ccc3nc(N)sc3c2)cc1C(=O)O.NCc1cccc(OC(F)(F)F)c1. The molecule has 0 saturated carbocycles. The molecule has 0 unspecified atom stereocenters. The van der Waals surface area contributed by atoms with E-state index in [0.29, 0.717) is 37.6 Å². The third-order valence-corrected chi connectivity index (χ3v) is 14.7. The fourth-order valence-corrected chi connectivity index (χ4v) is 10.6. The number of alkyl halides is 6. The van der Waals surface area contributed by atoms with Gasteiger partial charge in [0.2, 0.25) is 17.6 Å². The van der Waals surface area contributed by atoms with Gasteiger partial charge in [0.05, 0.1) is 59.1 Å². The van der Waals surface area contributed by atoms with E-state index in [1.807, 2.05) is 54.6 Å². The van der Waals surface area contributed by atoms with Crippen LogP contribution in [0.25, 0.3) is 64.0 Å². The highest BCUT2D eigenvalue weighted by atomic mass is 32.1. The zero-order chi connectivity index (χ0) is 64.2. The first-order valence-electron chi connectivity index (χ1n) is 25.5. The van der Waals surface area contributed by atoms with Gasteiger partial charge in [0.1, 0.15) is 28.2 Å². The maximum atomic E-state index is 12.8. The van der Waals surface area contributed by atoms with Crippen molar-refractivity contribution in [2.45, 2.75) is 25.8 Å². The van der Waals surface area contributed by atoms with Crippen LogP contribution >= 0.6 is 34.0 Å². The number of ether oxygens (including phenoxy) is 6. The van der Waals surface area contributed by atoms with Gasteiger partial charge in [0, 0.05) is 48.4 Å². The van der Waals surface area contributed by atoms with Crippen molar-refractivity contribution in [3.8, 4) is 62.5 Å². The summed E-state index contributed by atoms with van der Waals surface area (Å²) in [6.07, 6.45) is -4.63. The van der Waals surface area contributed by atoms with Crippen LogP contribution in [-0.4, -0.2) is 94.0 Å². The second-order valence-corrected chi connectivity index (χ2v) is 21.3. The lowest BCUT2D eigenvalue weighted by atomic mass is 10.1. The highest BCUT2D eigenvalue weighted by Crippen LogP contribution is 2.35. The molecule has 89 heavy (non-hydrogen) atoms. The van der Waals surface area contributed by atoms with Gasteiger partial charge in [-0.2, -0.15) is 0 Å². The van der Waals surface area contributed by atoms with Crippen LogP contribution in [-0.2, 0) is 17.8 Å². The Morgan fingerprint density at radius 1 is 0.506 bits per heavy atom. The van der Waals surface area contributed by atoms with Crippen LogP contribution in [0, 0.1) is 0 Å². The summed E-state index contributed by atoms with van der Waals surface area (Å²) in [6, 6.07) is 32.8. The predicted molar refractivity (Wildman–Crippen MR) is 325 cm³/mol. The smallest absolute Gasteiger partial charge is 0.480 e. The van der Waals surface area contributed by atoms with Crippen molar-refractivity contribution in [2.24, 2.45) is 5.73 Å². The van der Waals surface area contributed by atoms with E-state index >= 15 is 0 Å². The van der Waals surface area contributed by atoms with Crippen molar-refractivity contribution in [3.63, 3.8) is 0 Å². The number of benzene rings is 5. The molecule has 0 aliphatic heterocycles. The summed E-state index contributed by atoms with van der Waals surface area (Å²) in [6.45, 7) is 0.169. The van der Waals surface area contributed by atoms with Crippen molar-refractivity contribution < 1.29 is 74.3 Å². The summed E-state index contributed by atoms with van der Waals surface area (Å²) in [7, 11) is 5.56. The third-order valence-electron chi connectivity index (χ3n) is 12.2. The molecule has 0 saturated heterocycles. The number of pyridine rings is 3. The summed E-state index contributed by atoms with van der Waals surface area (Å²) in [4.78, 5) is 61.0. The number of aromatic nitrogens is 6. The van der Waals surface area contributed by atoms with Gasteiger partial charge in [-0.25, -0.2) is 39.5 Å². The highest BCUT2D eigenvalue weighted by molar-refractivity contribution is 7.22. The van der Waals surface area contributed by atoms with E-state index in [9.17, 15) is 45.8 Å². The number of fused-ring (bicyclic) bond motifs is 3. The van der Waals surface area contributed by atoms with E-state index in [2.05, 4.69) is 44.7 Å². The minimum absolute atomic E-state index is 0.0205. The third kappa shape index (κ3) is 17.2. The molecule has 0 atom stereocenters. The molecule has 460 valence electrons. The number of hydrogen-bond acceptors (Lipinski definition) is 22. The molecule has 6 aromatic heterocycles. The Kier molecular flexibility index (Phi) is 20.6. The van der Waals surface area contributed by atoms with Crippen LogP contribution < -0.4 is 51.9 Å². The van der Waals surface area contributed by atoms with Gasteiger partial charge in [0.25, 0.3) is 5.91 Å². The Bertz CT molecular complexity index is 4360. The molecule has 10 N–H and O–H groups in total. The van der Waals surface area contributed by atoms with E-state index in [0.717, 1.165) is 52.9 Å². The van der Waals surface area contributed by atoms with Crippen LogP contribution in [0.4, 0.5) is 41.7 Å². The van der Waals surface area contributed by atoms with Gasteiger partial charge in [0.15, 0.2) is 15.4 Å². The Labute approximate surface area is 512 Å². The maximum Gasteiger partial charge on any atom is 0.573 e. The largest absolute Gasteiger partial charge is 0.573 e. The van der Waals surface area contributed by atoms with Crippen LogP contribution in [0.5, 0.6) is 29.1 Å². The molecule has 0 fully saturated rings. The number of aromatic carboxylic acids is 1. The van der Waals surface area contributed by atoms with E-state index in [1.54, 1.807) is 48.9 Å². The summed E-state index contributed by atoms with van der Waals surface area (Å²) < 4.78 is 103. The number of nitrogens with zero attached hydrogens (tertiary/aromatic N) is 6. The van der Waals surface area contributed by atoms with Crippen LogP contribution in [0.2, 0.25) is 0 Å². The van der Waals surface area contributed by atoms with Crippen LogP contribution in [0.15, 0.2) is 140 Å². The number of nitrogen functional groups attached to an aromatic ring is 3. The van der Waals surface area contributed by atoms with Crippen molar-refractivity contribution in [1.29, 1.82) is 0 Å². The lowest BCUT2D eigenvalue weighted by Gasteiger charge is -2.12. The lowest BCUT2D eigenvalue weighted by molar-refractivity contribution is -0.275. The number of carboxylic acids is 1. The van der Waals surface area contributed by atoms with Gasteiger partial charge >= 0.3 is 24.7 Å². The normalized spacial score (nSPS) is 11.0. The zero-order valence-electron chi connectivity index (χ0n) is 46.8. The first kappa shape index (κ1) is 64.6. The highest BCUT2D eigenvalue weighted by Gasteiger charge is 2.32. The van der Waals surface area contributed by atoms with Gasteiger partial charge in [-0.15, -0.1) is 26.3 Å². The number of carbonyl (C=O) groups excluding carboxylic acids is 2. The number of anilines is 3. The lowest BCUT2D eigenvalue weighted by Crippen LogP contribution is -2.24. The molecule has 1 amide bonds. The fourth-order valence-electron chi connectivity index (χ4n) is 8.26. The number of methoxy groups -OCH3 is 4. The topological polar surface area (TPSA) is 320 Å². The molecule has 0 spiro atoms. The number of hydrogen-bond donors (Lipinski definition) is 6. The van der Waals surface area contributed by atoms with Gasteiger partial charge < -0.3 is 61.8 Å². The number of rotatable bonds is 14. The predicted octanol–water partition coefficient (Wildman–Crippen LogP) is 12.2. The standard InChI is InChI=1S/C22H17F3N4O3S.C15H13N3O3S.C14H11N3O3S.C8H8F3NO/c1-31-20-16(19(30)27-10-12-3-2-4-15(7-12)32-22(23,24)25)8-14(11-28-20)13-5-6-17-18(9-13)33-21(26)29-17;1-20-13-10(14(19)21-2)5-9(7-17-13)8-3-4-11-12(6-8)22-15(16)18-11;1-20-12-9(13(18)19)4-8(6-16-12)7-2-3-10-11(5-7)21-14(15)17-10;9-8(10,11)13-7-3-1-2-6(4-7)5-12/h2-9,11H,10H2,1H3,(H2,26,29)(H,27,30);3-7H,1-2H3,(H2,16,18);2-6H,1H3,(H2,15,17)(H,18,19);1-4H,5,12H2. The maximum absolute atomic E-state index is 12.8. The summed E-state index contributed by atoms with van der Waals surface area (Å²) in [5, 5.41) is 13.4. The molecule has 11 rings (SSSR count). The number of carboxylic acid groups (broad SMARTS) is 1. The van der Waals surface area contributed by atoms with Crippen molar-refractivity contribution >= 4 is 97.9 Å². The first-order chi connectivity index (χ1) is 42.4. The van der Waals surface area contributed by atoms with E-state index in [1.165, 1.54) is 98.8 Å². The van der Waals surface area contributed by atoms with E-state index < -0.39 is 30.6 Å². The molecule has 0 aliphatic carbocycles. The number of amides is 1. The number of nitrogens with two attached hydrogens (primary N) is 4. The zero-order valence-corrected chi connectivity index (χ0v) is 49.2. The first-order valence-corrected chi connectivity index (χ1v) is 28.0. The minimum atomic E-state index is -4.80. The molecule has 0 radical (unpaired) electrons. The van der Waals surface area contributed by atoms with E-state index in [4.69, 9.17) is 41.9 Å². The van der Waals surface area contributed by atoms with Crippen LogP contribution in [0.3, 0.4) is 0 Å². The molecule has 5 aromatic carbocycles. The minimum Gasteiger partial charge on any atom is -0.480 e. The molecular formula is C59H49F6N11O10S3. The van der Waals surface area contributed by atoms with E-state index in [-0.39, 0.29) is 58.9 Å². The Morgan fingerprint density at radius 3 is 1.28 bits per heavy atom. The van der Waals surface area contributed by atoms with Crippen molar-refractivity contribution in [3.05, 3.63) is 168 Å². The number of thiazole rings is 3. The summed E-state index contributed by atoms with van der Waals surface area (Å²) in [5.74, 6) is -2.23. The summed E-state index contributed by atoms with van der Waals surface area (Å²) >= 11 is 4.15. The van der Waals surface area contributed by atoms with Gasteiger partial charge in [-0.05, 0) is 107 Å². The molecule has 0 bridgehead atoms. The summed E-state index contributed by atoms with van der Waals surface area (Å²) in [5.41, 5.74) is 31.1. The average molecular weight is 1280 g/mol. The Hall–Kier alpha value is -10.4. The Morgan fingerprint density at radius 2 is 0.888 bits per heavy atom. The molecule has 30 heteroatoms. The van der Waals surface area contributed by atoms with Crippen molar-refractivity contribution in [2.75, 3.05) is 45.6 Å². The fraction of sp³-hybridized carbons (Fsp3) is 0.136. The van der Waals surface area contributed by atoms with Gasteiger partial charge in [-0.1, -0.05) is 76.5 Å². The monoisotopic (exact) mass is 1280 g/mol. The number of carbonyl (C=O) groups is 3. The quantitative estimate of drug-likeness (QED) is 0.0435. The second kappa shape index (κ2) is 28.4. The molecule has 6 heterocycles. The van der Waals surface area contributed by atoms with Crippen LogP contribution in [0.1, 0.15) is 42.2 Å². The molecular weight excluding hydrogens is 1230 g/mol.